The van der Waals surface area contributed by atoms with Crippen LogP contribution in [0.2, 0.25) is 0 Å². The summed E-state index contributed by atoms with van der Waals surface area (Å²) < 4.78 is 28.8. The van der Waals surface area contributed by atoms with Crippen molar-refractivity contribution < 1.29 is 33.0 Å². The number of esters is 2. The molecule has 2 unspecified atom stereocenters. The van der Waals surface area contributed by atoms with E-state index in [-0.39, 0.29) is 44.7 Å². The summed E-state index contributed by atoms with van der Waals surface area (Å²) in [6.45, 7) is 0.387. The SMILES string of the molecule is O=C(CCC(CP(=O)(O)OCC1CCCC1)C(=O)OCc1ccccc1)OCc1ccccc1. The number of carbonyl (C=O) groups is 2. The van der Waals surface area contributed by atoms with Gasteiger partial charge in [0.2, 0.25) is 0 Å². The van der Waals surface area contributed by atoms with E-state index in [1.807, 2.05) is 60.7 Å². The maximum absolute atomic E-state index is 12.8. The Morgan fingerprint density at radius 3 is 2.06 bits per heavy atom. The zero-order chi connectivity index (χ0) is 24.2. The molecule has 2 atom stereocenters. The van der Waals surface area contributed by atoms with Crippen molar-refractivity contribution in [2.24, 2.45) is 11.8 Å². The first-order valence-electron chi connectivity index (χ1n) is 11.8. The summed E-state index contributed by atoms with van der Waals surface area (Å²) in [6, 6.07) is 18.5. The number of rotatable bonds is 13. The third-order valence-corrected chi connectivity index (χ3v) is 7.39. The van der Waals surface area contributed by atoms with Gasteiger partial charge in [-0.05, 0) is 36.3 Å². The van der Waals surface area contributed by atoms with E-state index in [9.17, 15) is 19.0 Å². The molecule has 0 aliphatic heterocycles. The van der Waals surface area contributed by atoms with Crippen LogP contribution in [0, 0.1) is 11.8 Å². The van der Waals surface area contributed by atoms with Gasteiger partial charge in [0, 0.05) is 6.42 Å². The number of carbonyl (C=O) groups excluding carboxylic acids is 2. The second-order valence-corrected chi connectivity index (χ2v) is 10.6. The van der Waals surface area contributed by atoms with Crippen LogP contribution >= 0.6 is 7.60 Å². The largest absolute Gasteiger partial charge is 0.461 e. The van der Waals surface area contributed by atoms with Crippen molar-refractivity contribution in [1.29, 1.82) is 0 Å². The average molecular weight is 489 g/mol. The quantitative estimate of drug-likeness (QED) is 0.303. The van der Waals surface area contributed by atoms with Gasteiger partial charge in [0.05, 0.1) is 18.7 Å². The van der Waals surface area contributed by atoms with Crippen molar-refractivity contribution in [2.75, 3.05) is 12.8 Å². The van der Waals surface area contributed by atoms with Crippen LogP contribution in [0.4, 0.5) is 0 Å². The normalized spacial score (nSPS) is 16.5. The summed E-state index contributed by atoms with van der Waals surface area (Å²) in [7, 11) is -4.03. The lowest BCUT2D eigenvalue weighted by atomic mass is 10.1. The first-order chi connectivity index (χ1) is 16.4. The molecule has 0 spiro atoms. The summed E-state index contributed by atoms with van der Waals surface area (Å²) in [6.07, 6.45) is 3.75. The Bertz CT molecular complexity index is 942. The fourth-order valence-electron chi connectivity index (χ4n) is 3.96. The van der Waals surface area contributed by atoms with Gasteiger partial charge in [-0.1, -0.05) is 73.5 Å². The van der Waals surface area contributed by atoms with Gasteiger partial charge in [-0.3, -0.25) is 14.2 Å². The topological polar surface area (TPSA) is 99.1 Å². The van der Waals surface area contributed by atoms with E-state index >= 15 is 0 Å². The minimum absolute atomic E-state index is 0.0403. The molecule has 0 radical (unpaired) electrons. The van der Waals surface area contributed by atoms with Gasteiger partial charge in [-0.2, -0.15) is 0 Å². The molecule has 0 aromatic heterocycles. The van der Waals surface area contributed by atoms with Crippen LogP contribution in [-0.4, -0.2) is 29.6 Å². The Balaban J connectivity index is 1.54. The Kier molecular flexibility index (Phi) is 10.3. The first-order valence-corrected chi connectivity index (χ1v) is 13.5. The molecular weight excluding hydrogens is 455 g/mol. The van der Waals surface area contributed by atoms with Crippen molar-refractivity contribution in [1.82, 2.24) is 0 Å². The van der Waals surface area contributed by atoms with E-state index in [2.05, 4.69) is 0 Å². The van der Waals surface area contributed by atoms with Gasteiger partial charge in [-0.25, -0.2) is 0 Å². The van der Waals surface area contributed by atoms with E-state index in [4.69, 9.17) is 14.0 Å². The van der Waals surface area contributed by atoms with Crippen molar-refractivity contribution in [3.8, 4) is 0 Å². The molecule has 0 heterocycles. The number of hydrogen-bond acceptors (Lipinski definition) is 6. The van der Waals surface area contributed by atoms with Crippen molar-refractivity contribution in [3.05, 3.63) is 71.8 Å². The molecular formula is C26H33O7P. The number of benzene rings is 2. The molecule has 1 aliphatic carbocycles. The summed E-state index contributed by atoms with van der Waals surface area (Å²) in [5.74, 6) is -1.79. The summed E-state index contributed by atoms with van der Waals surface area (Å²) in [5.41, 5.74) is 1.66. The molecule has 1 N–H and O–H groups in total. The van der Waals surface area contributed by atoms with Gasteiger partial charge >= 0.3 is 19.5 Å². The Morgan fingerprint density at radius 1 is 0.912 bits per heavy atom. The van der Waals surface area contributed by atoms with Crippen LogP contribution in [0.25, 0.3) is 0 Å². The maximum Gasteiger partial charge on any atom is 0.328 e. The smallest absolute Gasteiger partial charge is 0.328 e. The van der Waals surface area contributed by atoms with E-state index in [0.29, 0.717) is 0 Å². The van der Waals surface area contributed by atoms with E-state index in [1.165, 1.54) is 0 Å². The van der Waals surface area contributed by atoms with Crippen molar-refractivity contribution in [3.63, 3.8) is 0 Å². The zero-order valence-corrected chi connectivity index (χ0v) is 20.2. The predicted molar refractivity (Wildman–Crippen MR) is 128 cm³/mol. The Labute approximate surface area is 201 Å². The molecule has 184 valence electrons. The van der Waals surface area contributed by atoms with Crippen LogP contribution in [0.1, 0.15) is 49.7 Å². The van der Waals surface area contributed by atoms with Crippen LogP contribution in [0.5, 0.6) is 0 Å². The van der Waals surface area contributed by atoms with Crippen LogP contribution < -0.4 is 0 Å². The molecule has 1 saturated carbocycles. The highest BCUT2D eigenvalue weighted by atomic mass is 31.2. The second-order valence-electron chi connectivity index (χ2n) is 8.74. The van der Waals surface area contributed by atoms with Crippen molar-refractivity contribution in [2.45, 2.75) is 51.7 Å². The monoisotopic (exact) mass is 488 g/mol. The summed E-state index contributed by atoms with van der Waals surface area (Å²) in [4.78, 5) is 35.4. The van der Waals surface area contributed by atoms with Crippen molar-refractivity contribution >= 4 is 19.5 Å². The summed E-state index contributed by atoms with van der Waals surface area (Å²) >= 11 is 0. The fraction of sp³-hybridized carbons (Fsp3) is 0.462. The maximum atomic E-state index is 12.8. The highest BCUT2D eigenvalue weighted by Crippen LogP contribution is 2.46. The minimum atomic E-state index is -4.03. The molecule has 2 aromatic carbocycles. The summed E-state index contributed by atoms with van der Waals surface area (Å²) in [5, 5.41) is 0. The molecule has 2 aromatic rings. The highest BCUT2D eigenvalue weighted by molar-refractivity contribution is 7.52. The number of ether oxygens (including phenoxy) is 2. The van der Waals surface area contributed by atoms with Gasteiger partial charge < -0.3 is 18.9 Å². The van der Waals surface area contributed by atoms with Crippen LogP contribution in [0.3, 0.4) is 0 Å². The molecule has 0 saturated heterocycles. The van der Waals surface area contributed by atoms with Gasteiger partial charge in [-0.15, -0.1) is 0 Å². The van der Waals surface area contributed by atoms with Gasteiger partial charge in [0.15, 0.2) is 0 Å². The van der Waals surface area contributed by atoms with E-state index in [1.54, 1.807) is 0 Å². The second kappa shape index (κ2) is 13.4. The average Bonchev–Trinajstić information content (AvgIpc) is 3.38. The molecule has 0 amide bonds. The predicted octanol–water partition coefficient (Wildman–Crippen LogP) is 5.26. The third kappa shape index (κ3) is 9.41. The molecule has 0 bridgehead atoms. The third-order valence-electron chi connectivity index (χ3n) is 5.93. The minimum Gasteiger partial charge on any atom is -0.461 e. The Morgan fingerprint density at radius 2 is 1.47 bits per heavy atom. The molecule has 3 rings (SSSR count). The highest BCUT2D eigenvalue weighted by Gasteiger charge is 2.33. The molecule has 1 fully saturated rings. The number of hydrogen-bond donors (Lipinski definition) is 1. The molecule has 7 nitrogen and oxygen atoms in total. The lowest BCUT2D eigenvalue weighted by Crippen LogP contribution is -2.23. The standard InChI is InChI=1S/C26H33O7P/c27-25(31-17-21-9-3-1-4-10-21)16-15-24(26(28)32-18-22-11-5-2-6-12-22)20-34(29,30)33-19-23-13-7-8-14-23/h1-6,9-12,23-24H,7-8,13-20H2,(H,29,30). The van der Waals surface area contributed by atoms with E-state index in [0.717, 1.165) is 36.8 Å². The van der Waals surface area contributed by atoms with Gasteiger partial charge in [0.25, 0.3) is 0 Å². The molecule has 1 aliphatic rings. The Hall–Kier alpha value is -2.47. The van der Waals surface area contributed by atoms with Crippen LogP contribution in [0.15, 0.2) is 60.7 Å². The van der Waals surface area contributed by atoms with E-state index < -0.39 is 25.5 Å². The molecule has 8 heteroatoms. The van der Waals surface area contributed by atoms with Crippen LogP contribution in [-0.2, 0) is 41.4 Å². The fourth-order valence-corrected chi connectivity index (χ4v) is 5.40. The lowest BCUT2D eigenvalue weighted by molar-refractivity contribution is -0.150. The first kappa shape index (κ1) is 26.1. The van der Waals surface area contributed by atoms with Gasteiger partial charge in [0.1, 0.15) is 13.2 Å². The lowest BCUT2D eigenvalue weighted by Gasteiger charge is -2.20. The molecule has 34 heavy (non-hydrogen) atoms. The zero-order valence-electron chi connectivity index (χ0n) is 19.3.